The second-order valence-electron chi connectivity index (χ2n) is 2.99. The van der Waals surface area contributed by atoms with Gasteiger partial charge in [-0.3, -0.25) is 5.43 Å². The van der Waals surface area contributed by atoms with Crippen LogP contribution in [0.25, 0.3) is 0 Å². The number of rotatable bonds is 1. The minimum atomic E-state index is -0.369. The quantitative estimate of drug-likeness (QED) is 0.469. The van der Waals surface area contributed by atoms with Gasteiger partial charge in [0.25, 0.3) is 0 Å². The number of aliphatic hydroxyl groups excluding tert-OH is 1. The van der Waals surface area contributed by atoms with Gasteiger partial charge in [0.15, 0.2) is 0 Å². The van der Waals surface area contributed by atoms with Crippen LogP contribution < -0.4 is 10.7 Å². The van der Waals surface area contributed by atoms with E-state index in [2.05, 4.69) is 10.7 Å². The standard InChI is InChI=1S/C7H13N3O2/c11-7-5-8-2-1-6(7)10-9-3-4-12-10/h3-4,6-9,11H,1-2,5H2. The minimum absolute atomic E-state index is 0.0428. The monoisotopic (exact) mass is 171 g/mol. The third-order valence-corrected chi connectivity index (χ3v) is 2.16. The third-order valence-electron chi connectivity index (χ3n) is 2.16. The molecule has 68 valence electrons. The molecule has 1 fully saturated rings. The SMILES string of the molecule is OC1CNCCC1N1NC=CO1. The summed E-state index contributed by atoms with van der Waals surface area (Å²) < 4.78 is 0. The molecule has 12 heavy (non-hydrogen) atoms. The van der Waals surface area contributed by atoms with Gasteiger partial charge in [-0.1, -0.05) is 0 Å². The highest BCUT2D eigenvalue weighted by molar-refractivity contribution is 4.85. The highest BCUT2D eigenvalue weighted by Crippen LogP contribution is 2.13. The van der Waals surface area contributed by atoms with Gasteiger partial charge in [0, 0.05) is 6.54 Å². The predicted molar refractivity (Wildman–Crippen MR) is 42.5 cm³/mol. The van der Waals surface area contributed by atoms with E-state index in [0.29, 0.717) is 6.54 Å². The summed E-state index contributed by atoms with van der Waals surface area (Å²) in [6, 6.07) is 0.0428. The maximum atomic E-state index is 9.58. The molecule has 0 saturated carbocycles. The Morgan fingerprint density at radius 2 is 2.50 bits per heavy atom. The van der Waals surface area contributed by atoms with Gasteiger partial charge in [-0.25, -0.2) is 0 Å². The number of piperidine rings is 1. The van der Waals surface area contributed by atoms with Crippen molar-refractivity contribution in [1.29, 1.82) is 0 Å². The first-order valence-corrected chi connectivity index (χ1v) is 4.14. The number of nitrogens with zero attached hydrogens (tertiary/aromatic N) is 1. The lowest BCUT2D eigenvalue weighted by Crippen LogP contribution is -2.54. The van der Waals surface area contributed by atoms with Gasteiger partial charge in [0.05, 0.1) is 18.3 Å². The highest BCUT2D eigenvalue weighted by atomic mass is 16.7. The lowest BCUT2D eigenvalue weighted by molar-refractivity contribution is -0.178. The molecule has 0 amide bonds. The molecule has 0 aromatic carbocycles. The van der Waals surface area contributed by atoms with Crippen molar-refractivity contribution in [1.82, 2.24) is 15.9 Å². The van der Waals surface area contributed by atoms with Crippen molar-refractivity contribution < 1.29 is 9.94 Å². The zero-order valence-corrected chi connectivity index (χ0v) is 6.73. The number of aliphatic hydroxyl groups is 1. The molecule has 2 unspecified atom stereocenters. The van der Waals surface area contributed by atoms with Crippen LogP contribution in [0.15, 0.2) is 12.5 Å². The molecule has 0 aromatic heterocycles. The van der Waals surface area contributed by atoms with E-state index in [9.17, 15) is 5.11 Å². The summed E-state index contributed by atoms with van der Waals surface area (Å²) >= 11 is 0. The van der Waals surface area contributed by atoms with E-state index in [0.717, 1.165) is 13.0 Å². The summed E-state index contributed by atoms with van der Waals surface area (Å²) in [7, 11) is 0. The van der Waals surface area contributed by atoms with Crippen LogP contribution in [0.2, 0.25) is 0 Å². The molecule has 0 aliphatic carbocycles. The van der Waals surface area contributed by atoms with Gasteiger partial charge in [-0.15, -0.1) is 0 Å². The number of nitrogens with one attached hydrogen (secondary N) is 2. The van der Waals surface area contributed by atoms with Crippen molar-refractivity contribution in [3.05, 3.63) is 12.5 Å². The van der Waals surface area contributed by atoms with Gasteiger partial charge in [0.1, 0.15) is 6.26 Å². The van der Waals surface area contributed by atoms with Crippen LogP contribution in [-0.4, -0.2) is 35.5 Å². The Morgan fingerprint density at radius 3 is 3.17 bits per heavy atom. The van der Waals surface area contributed by atoms with Crippen molar-refractivity contribution >= 4 is 0 Å². The van der Waals surface area contributed by atoms with Crippen molar-refractivity contribution in [3.63, 3.8) is 0 Å². The third kappa shape index (κ3) is 1.38. The van der Waals surface area contributed by atoms with Gasteiger partial charge in [0.2, 0.25) is 0 Å². The van der Waals surface area contributed by atoms with Gasteiger partial charge >= 0.3 is 0 Å². The molecule has 0 radical (unpaired) electrons. The average Bonchev–Trinajstić information content (AvgIpc) is 2.57. The fraction of sp³-hybridized carbons (Fsp3) is 0.714. The van der Waals surface area contributed by atoms with E-state index in [1.165, 1.54) is 0 Å². The fourth-order valence-corrected chi connectivity index (χ4v) is 1.51. The molecule has 2 heterocycles. The summed E-state index contributed by atoms with van der Waals surface area (Å²) in [5.74, 6) is 0. The van der Waals surface area contributed by atoms with Crippen LogP contribution in [0.4, 0.5) is 0 Å². The second-order valence-corrected chi connectivity index (χ2v) is 2.99. The van der Waals surface area contributed by atoms with E-state index in [4.69, 9.17) is 4.84 Å². The van der Waals surface area contributed by atoms with E-state index in [-0.39, 0.29) is 12.1 Å². The van der Waals surface area contributed by atoms with Crippen LogP contribution in [0, 0.1) is 0 Å². The normalized spacial score (nSPS) is 36.1. The predicted octanol–water partition coefficient (Wildman–Crippen LogP) is -1.07. The van der Waals surface area contributed by atoms with Gasteiger partial charge in [-0.05, 0) is 18.1 Å². The summed E-state index contributed by atoms with van der Waals surface area (Å²) in [4.78, 5) is 5.12. The summed E-state index contributed by atoms with van der Waals surface area (Å²) in [5.41, 5.74) is 2.90. The largest absolute Gasteiger partial charge is 0.392 e. The number of hydrogen-bond donors (Lipinski definition) is 3. The molecular weight excluding hydrogens is 158 g/mol. The Labute approximate surface area is 70.9 Å². The molecule has 2 aliphatic rings. The first-order chi connectivity index (χ1) is 5.88. The molecule has 2 aliphatic heterocycles. The van der Waals surface area contributed by atoms with E-state index >= 15 is 0 Å². The van der Waals surface area contributed by atoms with Crippen LogP contribution in [0.5, 0.6) is 0 Å². The molecule has 0 bridgehead atoms. The Hall–Kier alpha value is -0.780. The maximum absolute atomic E-state index is 9.58. The number of hydroxylamine groups is 1. The zero-order chi connectivity index (χ0) is 8.39. The van der Waals surface area contributed by atoms with Crippen LogP contribution in [-0.2, 0) is 4.84 Å². The van der Waals surface area contributed by atoms with Crippen molar-refractivity contribution in [2.75, 3.05) is 13.1 Å². The fourth-order valence-electron chi connectivity index (χ4n) is 1.51. The molecular formula is C7H13N3O2. The molecule has 2 rings (SSSR count). The van der Waals surface area contributed by atoms with Crippen LogP contribution in [0.1, 0.15) is 6.42 Å². The summed E-state index contributed by atoms with van der Waals surface area (Å²) in [5, 5.41) is 14.3. The lowest BCUT2D eigenvalue weighted by Gasteiger charge is -2.33. The van der Waals surface area contributed by atoms with Crippen molar-refractivity contribution in [2.45, 2.75) is 18.6 Å². The molecule has 5 heteroatoms. The Balaban J connectivity index is 1.92. The van der Waals surface area contributed by atoms with Gasteiger partial charge in [-0.2, -0.15) is 0 Å². The molecule has 1 saturated heterocycles. The molecule has 3 N–H and O–H groups in total. The first-order valence-electron chi connectivity index (χ1n) is 4.14. The van der Waals surface area contributed by atoms with Gasteiger partial charge < -0.3 is 15.3 Å². The van der Waals surface area contributed by atoms with E-state index in [1.54, 1.807) is 17.6 Å². The number of hydrazine groups is 1. The average molecular weight is 171 g/mol. The Morgan fingerprint density at radius 1 is 1.58 bits per heavy atom. The highest BCUT2D eigenvalue weighted by Gasteiger charge is 2.30. The van der Waals surface area contributed by atoms with Crippen LogP contribution in [0.3, 0.4) is 0 Å². The Bertz CT molecular complexity index is 177. The molecule has 5 nitrogen and oxygen atoms in total. The summed E-state index contributed by atoms with van der Waals surface area (Å²) in [6.45, 7) is 1.55. The van der Waals surface area contributed by atoms with Crippen molar-refractivity contribution in [3.8, 4) is 0 Å². The Kier molecular flexibility index (Phi) is 2.16. The molecule has 0 aromatic rings. The van der Waals surface area contributed by atoms with Crippen molar-refractivity contribution in [2.24, 2.45) is 0 Å². The number of β-amino-alcohol motifs (C(OH)–C–C–N with tert-alkyl or cyclic N) is 1. The summed E-state index contributed by atoms with van der Waals surface area (Å²) in [6.07, 6.45) is 3.78. The van der Waals surface area contributed by atoms with Crippen LogP contribution >= 0.6 is 0 Å². The molecule has 0 spiro atoms. The topological polar surface area (TPSA) is 56.8 Å². The minimum Gasteiger partial charge on any atom is -0.392 e. The smallest absolute Gasteiger partial charge is 0.131 e. The zero-order valence-electron chi connectivity index (χ0n) is 6.73. The lowest BCUT2D eigenvalue weighted by atomic mass is 10.0. The number of hydrogen-bond acceptors (Lipinski definition) is 5. The molecule has 2 atom stereocenters. The van der Waals surface area contributed by atoms with E-state index in [1.807, 2.05) is 0 Å². The maximum Gasteiger partial charge on any atom is 0.131 e. The first kappa shape index (κ1) is 7.85. The van der Waals surface area contributed by atoms with E-state index < -0.39 is 0 Å². The second kappa shape index (κ2) is 3.30.